The number of para-hydroxylation sites is 4. The molecule has 1 aromatic heterocycles. The third kappa shape index (κ3) is 6.97. The molecule has 0 bridgehead atoms. The van der Waals surface area contributed by atoms with E-state index in [1.807, 2.05) is 0 Å². The molecule has 0 N–H and O–H groups in total. The van der Waals surface area contributed by atoms with E-state index in [-0.39, 0.29) is 0 Å². The zero-order valence-corrected chi connectivity index (χ0v) is 40.6. The molecule has 2 heterocycles. The monoisotopic (exact) mass is 943 g/mol. The summed E-state index contributed by atoms with van der Waals surface area (Å²) in [5, 5.41) is 4.91. The van der Waals surface area contributed by atoms with Crippen molar-refractivity contribution in [1.82, 2.24) is 4.57 Å². The van der Waals surface area contributed by atoms with Crippen molar-refractivity contribution in [3.63, 3.8) is 0 Å². The average molecular weight is 944 g/mol. The number of hydrogen-bond donors (Lipinski definition) is 0. The Bertz CT molecular complexity index is 4160. The lowest BCUT2D eigenvalue weighted by Crippen LogP contribution is -2.35. The largest absolute Gasteiger partial charge is 0.311 e. The Hall–Kier alpha value is -9.70. The van der Waals surface area contributed by atoms with Crippen LogP contribution in [0.3, 0.4) is 0 Å². The highest BCUT2D eigenvalue weighted by Gasteiger charge is 2.45. The molecule has 1 aliphatic rings. The maximum Gasteiger partial charge on any atom is 0.0743 e. The van der Waals surface area contributed by atoms with Crippen LogP contribution in [0.25, 0.3) is 60.5 Å². The smallest absolute Gasteiger partial charge is 0.0743 e. The second kappa shape index (κ2) is 17.9. The third-order valence-corrected chi connectivity index (χ3v) is 15.2. The van der Waals surface area contributed by atoms with Crippen molar-refractivity contribution in [2.24, 2.45) is 0 Å². The van der Waals surface area contributed by atoms with Crippen LogP contribution in [0.1, 0.15) is 22.3 Å². The molecule has 0 aliphatic carbocycles. The lowest BCUT2D eigenvalue weighted by atomic mass is 9.63. The van der Waals surface area contributed by atoms with Crippen LogP contribution < -0.4 is 9.80 Å². The van der Waals surface area contributed by atoms with Crippen molar-refractivity contribution < 1.29 is 0 Å². The van der Waals surface area contributed by atoms with Crippen LogP contribution in [0.5, 0.6) is 0 Å². The molecule has 0 spiro atoms. The van der Waals surface area contributed by atoms with Gasteiger partial charge in [0.05, 0.1) is 27.8 Å². The highest BCUT2D eigenvalue weighted by atomic mass is 15.1. The van der Waals surface area contributed by atoms with Gasteiger partial charge in [-0.2, -0.15) is 0 Å². The molecule has 1 atom stereocenters. The number of anilines is 6. The molecule has 0 radical (unpaired) electrons. The number of aromatic nitrogens is 1. The Kier molecular flexibility index (Phi) is 10.4. The summed E-state index contributed by atoms with van der Waals surface area (Å²) in [4.78, 5) is 4.77. The molecule has 0 saturated carbocycles. The van der Waals surface area contributed by atoms with Gasteiger partial charge in [-0.1, -0.05) is 218 Å². The Morgan fingerprint density at radius 1 is 0.284 bits per heavy atom. The molecule has 3 nitrogen and oxygen atoms in total. The normalized spacial score (nSPS) is 13.7. The fourth-order valence-corrected chi connectivity index (χ4v) is 12.0. The van der Waals surface area contributed by atoms with Crippen molar-refractivity contribution >= 4 is 66.7 Å². The molecule has 1 unspecified atom stereocenters. The highest BCUT2D eigenvalue weighted by molar-refractivity contribution is 6.12. The summed E-state index contributed by atoms with van der Waals surface area (Å²) in [5.41, 5.74) is 19.3. The number of fused-ring (bicyclic) bond motifs is 6. The minimum absolute atomic E-state index is 0.639. The van der Waals surface area contributed by atoms with E-state index < -0.39 is 5.41 Å². The Balaban J connectivity index is 0.891. The summed E-state index contributed by atoms with van der Waals surface area (Å²) >= 11 is 0. The standard InChI is InChI=1S/C71H49N3/c1-4-19-50(20-5-1)51-37-43-58(44-38-51)72(57-26-8-3-9-27-57)59-45-39-52(40-46-59)53-41-47-60(48-42-53)73(67-36-16-22-54-21-10-11-29-62(54)67)61-28-17-25-56(49-61)71(55-23-6-2-7-24-55)65-32-13-15-35-69(65)74-68-34-14-12-30-63(68)64-31-18-33-66(71)70(64)74/h1-49H. The summed E-state index contributed by atoms with van der Waals surface area (Å²) in [7, 11) is 0. The Labute approximate surface area is 431 Å². The van der Waals surface area contributed by atoms with Crippen molar-refractivity contribution in [2.75, 3.05) is 9.80 Å². The predicted octanol–water partition coefficient (Wildman–Crippen LogP) is 18.9. The molecule has 0 amide bonds. The maximum atomic E-state index is 2.50. The molecular weight excluding hydrogens is 895 g/mol. The van der Waals surface area contributed by atoms with E-state index in [0.717, 1.165) is 45.3 Å². The van der Waals surface area contributed by atoms with E-state index in [1.54, 1.807) is 0 Å². The van der Waals surface area contributed by atoms with E-state index >= 15 is 0 Å². The van der Waals surface area contributed by atoms with Crippen molar-refractivity contribution in [1.29, 1.82) is 0 Å². The molecule has 348 valence electrons. The van der Waals surface area contributed by atoms with E-state index in [9.17, 15) is 0 Å². The minimum Gasteiger partial charge on any atom is -0.311 e. The van der Waals surface area contributed by atoms with Gasteiger partial charge in [-0.15, -0.1) is 0 Å². The van der Waals surface area contributed by atoms with Crippen LogP contribution >= 0.6 is 0 Å². The number of benzene rings is 12. The van der Waals surface area contributed by atoms with Gasteiger partial charge in [0.25, 0.3) is 0 Å². The highest BCUT2D eigenvalue weighted by Crippen LogP contribution is 2.55. The minimum atomic E-state index is -0.639. The first-order valence-corrected chi connectivity index (χ1v) is 25.5. The lowest BCUT2D eigenvalue weighted by Gasteiger charge is -2.42. The molecule has 13 aromatic rings. The molecule has 0 fully saturated rings. The number of nitrogens with zero attached hydrogens (tertiary/aromatic N) is 3. The van der Waals surface area contributed by atoms with Crippen molar-refractivity contribution in [3.05, 3.63) is 320 Å². The van der Waals surface area contributed by atoms with E-state index in [4.69, 9.17) is 0 Å². The predicted molar refractivity (Wildman–Crippen MR) is 310 cm³/mol. The van der Waals surface area contributed by atoms with E-state index in [2.05, 4.69) is 312 Å². The molecule has 1 aliphatic heterocycles. The first kappa shape index (κ1) is 43.1. The van der Waals surface area contributed by atoms with Gasteiger partial charge in [-0.05, 0) is 129 Å². The summed E-state index contributed by atoms with van der Waals surface area (Å²) in [5.74, 6) is 0. The molecule has 3 heteroatoms. The molecular formula is C71H49N3. The Morgan fingerprint density at radius 2 is 0.743 bits per heavy atom. The fraction of sp³-hybridized carbons (Fsp3) is 0.0141. The quantitative estimate of drug-likeness (QED) is 0.135. The van der Waals surface area contributed by atoms with Gasteiger partial charge in [0.15, 0.2) is 0 Å². The molecule has 12 aromatic carbocycles. The van der Waals surface area contributed by atoms with Crippen LogP contribution in [0.15, 0.2) is 297 Å². The van der Waals surface area contributed by atoms with Gasteiger partial charge < -0.3 is 14.4 Å². The van der Waals surface area contributed by atoms with E-state index in [1.165, 1.54) is 71.6 Å². The van der Waals surface area contributed by atoms with Gasteiger partial charge in [0.1, 0.15) is 0 Å². The topological polar surface area (TPSA) is 11.4 Å². The first-order chi connectivity index (χ1) is 36.7. The van der Waals surface area contributed by atoms with Crippen LogP contribution in [0.4, 0.5) is 34.1 Å². The van der Waals surface area contributed by atoms with Crippen LogP contribution in [0.2, 0.25) is 0 Å². The van der Waals surface area contributed by atoms with Gasteiger partial charge in [0, 0.05) is 44.6 Å². The second-order valence-electron chi connectivity index (χ2n) is 19.2. The SMILES string of the molecule is c1ccc(-c2ccc(N(c3ccccc3)c3ccc(-c4ccc(N(c5cccc(C6(c7ccccc7)c7ccccc7-n7c8ccccc8c8cccc6c87)c5)c5cccc6ccccc56)cc4)cc3)cc2)cc1. The molecule has 0 saturated heterocycles. The second-order valence-corrected chi connectivity index (χ2v) is 19.2. The van der Waals surface area contributed by atoms with Crippen LogP contribution in [-0.2, 0) is 5.41 Å². The van der Waals surface area contributed by atoms with Crippen LogP contribution in [-0.4, -0.2) is 4.57 Å². The molecule has 14 rings (SSSR count). The van der Waals surface area contributed by atoms with E-state index in [0.29, 0.717) is 0 Å². The van der Waals surface area contributed by atoms with Gasteiger partial charge in [0.2, 0.25) is 0 Å². The summed E-state index contributed by atoms with van der Waals surface area (Å²) in [6, 6.07) is 109. The third-order valence-electron chi connectivity index (χ3n) is 15.2. The van der Waals surface area contributed by atoms with Crippen molar-refractivity contribution in [3.8, 4) is 27.9 Å². The summed E-state index contributed by atoms with van der Waals surface area (Å²) in [6.45, 7) is 0. The van der Waals surface area contributed by atoms with Gasteiger partial charge in [-0.3, -0.25) is 0 Å². The Morgan fingerprint density at radius 3 is 1.45 bits per heavy atom. The van der Waals surface area contributed by atoms with Gasteiger partial charge >= 0.3 is 0 Å². The number of rotatable bonds is 10. The number of hydrogen-bond acceptors (Lipinski definition) is 2. The van der Waals surface area contributed by atoms with Crippen LogP contribution in [0, 0.1) is 0 Å². The zero-order chi connectivity index (χ0) is 49.0. The molecule has 74 heavy (non-hydrogen) atoms. The first-order valence-electron chi connectivity index (χ1n) is 25.5. The summed E-state index contributed by atoms with van der Waals surface area (Å²) in [6.07, 6.45) is 0. The fourth-order valence-electron chi connectivity index (χ4n) is 12.0. The summed E-state index contributed by atoms with van der Waals surface area (Å²) < 4.78 is 2.50. The zero-order valence-electron chi connectivity index (χ0n) is 40.6. The lowest BCUT2D eigenvalue weighted by molar-refractivity contribution is 0.728. The van der Waals surface area contributed by atoms with Crippen molar-refractivity contribution in [2.45, 2.75) is 5.41 Å². The average Bonchev–Trinajstić information content (AvgIpc) is 3.83. The maximum absolute atomic E-state index is 2.50. The van der Waals surface area contributed by atoms with Gasteiger partial charge in [-0.25, -0.2) is 0 Å².